The molecule has 132 valence electrons. The van der Waals surface area contributed by atoms with Crippen LogP contribution in [0.15, 0.2) is 59.3 Å². The molecule has 6 nitrogen and oxygen atoms in total. The van der Waals surface area contributed by atoms with Gasteiger partial charge >= 0.3 is 0 Å². The Labute approximate surface area is 153 Å². The molecule has 0 aliphatic heterocycles. The Morgan fingerprint density at radius 2 is 2.19 bits per heavy atom. The third kappa shape index (κ3) is 3.02. The average molecular weight is 367 g/mol. The summed E-state index contributed by atoms with van der Waals surface area (Å²) in [5.41, 5.74) is 1.97. The molecule has 26 heavy (non-hydrogen) atoms. The Morgan fingerprint density at radius 1 is 1.31 bits per heavy atom. The van der Waals surface area contributed by atoms with Crippen molar-refractivity contribution in [1.29, 1.82) is 0 Å². The molecule has 0 saturated carbocycles. The maximum Gasteiger partial charge on any atom is 0.270 e. The van der Waals surface area contributed by atoms with Crippen LogP contribution in [-0.4, -0.2) is 20.4 Å². The van der Waals surface area contributed by atoms with Gasteiger partial charge in [-0.3, -0.25) is 9.20 Å². The van der Waals surface area contributed by atoms with E-state index in [4.69, 9.17) is 4.42 Å². The van der Waals surface area contributed by atoms with Gasteiger partial charge in [-0.25, -0.2) is 4.98 Å². The second-order valence-electron chi connectivity index (χ2n) is 5.88. The number of carbonyl (C=O) groups excluding carboxylic acids is 1. The quantitative estimate of drug-likeness (QED) is 0.567. The van der Waals surface area contributed by atoms with Gasteiger partial charge in [-0.15, -0.1) is 11.3 Å². The normalized spacial score (nSPS) is 12.4. The van der Waals surface area contributed by atoms with Gasteiger partial charge < -0.3 is 14.8 Å². The largest absolute Gasteiger partial charge is 0.466 e. The van der Waals surface area contributed by atoms with Crippen LogP contribution in [0.5, 0.6) is 0 Å². The fourth-order valence-electron chi connectivity index (χ4n) is 2.86. The summed E-state index contributed by atoms with van der Waals surface area (Å²) in [6.07, 6.45) is 2.57. The molecule has 0 aliphatic rings. The Bertz CT molecular complexity index is 1050. The summed E-state index contributed by atoms with van der Waals surface area (Å²) in [6, 6.07) is 12.8. The molecule has 1 amide bonds. The van der Waals surface area contributed by atoms with Crippen molar-refractivity contribution < 1.29 is 14.3 Å². The number of nitrogens with zero attached hydrogens (tertiary/aromatic N) is 2. The molecule has 1 unspecified atom stereocenters. The number of pyridine rings is 1. The monoisotopic (exact) mass is 367 g/mol. The van der Waals surface area contributed by atoms with Crippen molar-refractivity contribution in [1.82, 2.24) is 14.7 Å². The number of amides is 1. The van der Waals surface area contributed by atoms with E-state index < -0.39 is 6.10 Å². The van der Waals surface area contributed by atoms with Crippen LogP contribution in [0.3, 0.4) is 0 Å². The standard InChI is InChI=1S/C19H17N3O3S/c1-12-17(22-9-3-2-6-16(22)21-12)19(24)20-11-13-7-8-15(26-13)18(23)14-5-4-10-25-14/h2-10,18,23H,11H2,1H3,(H,20,24). The van der Waals surface area contributed by atoms with E-state index in [0.29, 0.717) is 23.7 Å². The minimum atomic E-state index is -0.791. The van der Waals surface area contributed by atoms with Crippen LogP contribution in [0.25, 0.3) is 5.65 Å². The first-order chi connectivity index (χ1) is 12.6. The van der Waals surface area contributed by atoms with Crippen molar-refractivity contribution in [2.24, 2.45) is 0 Å². The summed E-state index contributed by atoms with van der Waals surface area (Å²) in [4.78, 5) is 18.7. The van der Waals surface area contributed by atoms with Gasteiger partial charge in [0.2, 0.25) is 0 Å². The average Bonchev–Trinajstić information content (AvgIpc) is 3.37. The number of imidazole rings is 1. The number of hydrogen-bond acceptors (Lipinski definition) is 5. The number of rotatable bonds is 5. The Kier molecular flexibility index (Phi) is 4.32. The molecule has 0 bridgehead atoms. The fraction of sp³-hybridized carbons (Fsp3) is 0.158. The minimum absolute atomic E-state index is 0.178. The Morgan fingerprint density at radius 3 is 3.00 bits per heavy atom. The van der Waals surface area contributed by atoms with E-state index in [1.54, 1.807) is 16.5 Å². The van der Waals surface area contributed by atoms with Crippen LogP contribution < -0.4 is 5.32 Å². The lowest BCUT2D eigenvalue weighted by molar-refractivity contribution is 0.0944. The predicted octanol–water partition coefficient (Wildman–Crippen LogP) is 3.31. The number of furan rings is 1. The van der Waals surface area contributed by atoms with Crippen molar-refractivity contribution in [3.8, 4) is 0 Å². The van der Waals surface area contributed by atoms with Crippen LogP contribution in [-0.2, 0) is 6.54 Å². The number of thiophene rings is 1. The third-order valence-corrected chi connectivity index (χ3v) is 5.24. The zero-order valence-electron chi connectivity index (χ0n) is 14.0. The van der Waals surface area contributed by atoms with Gasteiger partial charge in [-0.1, -0.05) is 6.07 Å². The van der Waals surface area contributed by atoms with Gasteiger partial charge in [0.15, 0.2) is 0 Å². The highest BCUT2D eigenvalue weighted by atomic mass is 32.1. The van der Waals surface area contributed by atoms with E-state index in [2.05, 4.69) is 10.3 Å². The number of aliphatic hydroxyl groups excluding tert-OH is 1. The lowest BCUT2D eigenvalue weighted by atomic mass is 10.2. The molecule has 7 heteroatoms. The summed E-state index contributed by atoms with van der Waals surface area (Å²) in [6.45, 7) is 2.21. The molecule has 4 rings (SSSR count). The lowest BCUT2D eigenvalue weighted by Crippen LogP contribution is -2.24. The maximum atomic E-state index is 12.6. The molecule has 0 fully saturated rings. The fourth-order valence-corrected chi connectivity index (χ4v) is 3.81. The van der Waals surface area contributed by atoms with Crippen LogP contribution in [0.1, 0.15) is 37.8 Å². The lowest BCUT2D eigenvalue weighted by Gasteiger charge is -2.05. The smallest absolute Gasteiger partial charge is 0.270 e. The minimum Gasteiger partial charge on any atom is -0.466 e. The molecule has 0 radical (unpaired) electrons. The first-order valence-corrected chi connectivity index (χ1v) is 8.97. The van der Waals surface area contributed by atoms with Gasteiger partial charge in [0, 0.05) is 16.0 Å². The second kappa shape index (κ2) is 6.78. The predicted molar refractivity (Wildman–Crippen MR) is 98.2 cm³/mol. The second-order valence-corrected chi connectivity index (χ2v) is 7.08. The van der Waals surface area contributed by atoms with Gasteiger partial charge in [0.25, 0.3) is 5.91 Å². The van der Waals surface area contributed by atoms with Crippen LogP contribution in [0.4, 0.5) is 0 Å². The maximum absolute atomic E-state index is 12.6. The number of fused-ring (bicyclic) bond motifs is 1. The third-order valence-electron chi connectivity index (χ3n) is 4.11. The molecular weight excluding hydrogens is 350 g/mol. The highest BCUT2D eigenvalue weighted by Crippen LogP contribution is 2.28. The van der Waals surface area contributed by atoms with Crippen LogP contribution in [0, 0.1) is 6.92 Å². The van der Waals surface area contributed by atoms with Crippen molar-refractivity contribution in [3.05, 3.63) is 81.8 Å². The van der Waals surface area contributed by atoms with Crippen molar-refractivity contribution in [2.75, 3.05) is 0 Å². The summed E-state index contributed by atoms with van der Waals surface area (Å²) >= 11 is 1.44. The molecule has 0 aromatic carbocycles. The molecule has 2 N–H and O–H groups in total. The molecule has 0 spiro atoms. The van der Waals surface area contributed by atoms with Crippen molar-refractivity contribution >= 4 is 22.9 Å². The molecule has 0 saturated heterocycles. The zero-order valence-corrected chi connectivity index (χ0v) is 14.9. The number of aromatic nitrogens is 2. The van der Waals surface area contributed by atoms with E-state index in [1.807, 2.05) is 43.5 Å². The first-order valence-electron chi connectivity index (χ1n) is 8.15. The first kappa shape index (κ1) is 16.6. The summed E-state index contributed by atoms with van der Waals surface area (Å²) in [5, 5.41) is 13.2. The molecular formula is C19H17N3O3S. The van der Waals surface area contributed by atoms with Gasteiger partial charge in [0.05, 0.1) is 18.5 Å². The summed E-state index contributed by atoms with van der Waals surface area (Å²) in [5.74, 6) is 0.325. The molecule has 4 aromatic rings. The number of hydrogen-bond donors (Lipinski definition) is 2. The number of aliphatic hydroxyl groups is 1. The summed E-state index contributed by atoms with van der Waals surface area (Å²) < 4.78 is 7.02. The highest BCUT2D eigenvalue weighted by molar-refractivity contribution is 7.12. The van der Waals surface area contributed by atoms with E-state index >= 15 is 0 Å². The van der Waals surface area contributed by atoms with Crippen LogP contribution >= 0.6 is 11.3 Å². The topological polar surface area (TPSA) is 79.8 Å². The Hall–Kier alpha value is -2.90. The molecule has 0 aliphatic carbocycles. The number of carbonyl (C=O) groups is 1. The SMILES string of the molecule is Cc1nc2ccccn2c1C(=O)NCc1ccc(C(O)c2ccco2)s1. The Balaban J connectivity index is 1.47. The molecule has 1 atom stereocenters. The zero-order chi connectivity index (χ0) is 18.1. The van der Waals surface area contributed by atoms with E-state index in [1.165, 1.54) is 17.6 Å². The van der Waals surface area contributed by atoms with E-state index in [9.17, 15) is 9.90 Å². The summed E-state index contributed by atoms with van der Waals surface area (Å²) in [7, 11) is 0. The molecule has 4 aromatic heterocycles. The highest BCUT2D eigenvalue weighted by Gasteiger charge is 2.18. The molecule has 4 heterocycles. The van der Waals surface area contributed by atoms with Gasteiger partial charge in [-0.2, -0.15) is 0 Å². The van der Waals surface area contributed by atoms with Crippen LogP contribution in [0.2, 0.25) is 0 Å². The number of aryl methyl sites for hydroxylation is 1. The van der Waals surface area contributed by atoms with Crippen molar-refractivity contribution in [3.63, 3.8) is 0 Å². The number of nitrogens with one attached hydrogen (secondary N) is 1. The van der Waals surface area contributed by atoms with E-state index in [0.717, 1.165) is 15.4 Å². The van der Waals surface area contributed by atoms with Crippen molar-refractivity contribution in [2.45, 2.75) is 19.6 Å². The van der Waals surface area contributed by atoms with Gasteiger partial charge in [-0.05, 0) is 43.3 Å². The van der Waals surface area contributed by atoms with E-state index in [-0.39, 0.29) is 5.91 Å². The van der Waals surface area contributed by atoms with Gasteiger partial charge in [0.1, 0.15) is 23.2 Å².